The maximum absolute atomic E-state index is 10.7. The third-order valence-corrected chi connectivity index (χ3v) is 7.13. The Morgan fingerprint density at radius 3 is 2.72 bits per heavy atom. The maximum atomic E-state index is 10.7. The number of benzene rings is 1. The number of methoxy groups -OCH3 is 1. The topological polar surface area (TPSA) is 88.4 Å². The van der Waals surface area contributed by atoms with Crippen LogP contribution < -0.4 is 0 Å². The van der Waals surface area contributed by atoms with Gasteiger partial charge in [0.15, 0.2) is 0 Å². The molecule has 0 unspecified atom stereocenters. The van der Waals surface area contributed by atoms with Crippen molar-refractivity contribution in [1.29, 1.82) is 0 Å². The van der Waals surface area contributed by atoms with E-state index in [1.807, 2.05) is 12.1 Å². The van der Waals surface area contributed by atoms with E-state index >= 15 is 0 Å². The van der Waals surface area contributed by atoms with Crippen molar-refractivity contribution < 1.29 is 29.5 Å². The SMILES string of the molecule is COCCc1ccc(Cc2cc3c(cc2Cl)CO[C@]32O[C@H](C)[C@@H](O)[C@H](O)[C@H]2O)s1. The van der Waals surface area contributed by atoms with Crippen LogP contribution >= 0.6 is 22.9 Å². The third-order valence-electron chi connectivity index (χ3n) is 5.63. The molecule has 29 heavy (non-hydrogen) atoms. The van der Waals surface area contributed by atoms with E-state index in [2.05, 4.69) is 12.1 Å². The molecule has 2 aliphatic rings. The smallest absolute Gasteiger partial charge is 0.225 e. The van der Waals surface area contributed by atoms with Gasteiger partial charge in [0, 0.05) is 40.3 Å². The monoisotopic (exact) mass is 440 g/mol. The van der Waals surface area contributed by atoms with Crippen LogP contribution in [0.1, 0.15) is 33.4 Å². The number of rotatable bonds is 5. The van der Waals surface area contributed by atoms with Crippen LogP contribution in [0.15, 0.2) is 24.3 Å². The Morgan fingerprint density at radius 1 is 1.21 bits per heavy atom. The van der Waals surface area contributed by atoms with E-state index in [1.165, 1.54) is 9.75 Å². The van der Waals surface area contributed by atoms with Crippen molar-refractivity contribution in [3.8, 4) is 0 Å². The fourth-order valence-corrected chi connectivity index (χ4v) is 5.27. The highest BCUT2D eigenvalue weighted by molar-refractivity contribution is 7.12. The average molecular weight is 441 g/mol. The number of thiophene rings is 1. The molecule has 3 heterocycles. The van der Waals surface area contributed by atoms with Crippen LogP contribution in [-0.2, 0) is 39.4 Å². The van der Waals surface area contributed by atoms with Crippen molar-refractivity contribution in [2.24, 2.45) is 0 Å². The van der Waals surface area contributed by atoms with Gasteiger partial charge in [-0.25, -0.2) is 0 Å². The molecule has 3 N–H and O–H groups in total. The highest BCUT2D eigenvalue weighted by atomic mass is 35.5. The van der Waals surface area contributed by atoms with Crippen LogP contribution in [-0.4, -0.2) is 53.5 Å². The number of ether oxygens (including phenoxy) is 3. The first-order chi connectivity index (χ1) is 13.9. The Labute approximate surface area is 178 Å². The summed E-state index contributed by atoms with van der Waals surface area (Å²) in [5, 5.41) is 31.7. The van der Waals surface area contributed by atoms with Crippen LogP contribution in [0.2, 0.25) is 5.02 Å². The molecule has 0 bridgehead atoms. The number of hydrogen-bond donors (Lipinski definition) is 3. The zero-order valence-electron chi connectivity index (χ0n) is 16.3. The highest BCUT2D eigenvalue weighted by Crippen LogP contribution is 2.47. The van der Waals surface area contributed by atoms with Gasteiger partial charge in [-0.2, -0.15) is 0 Å². The molecule has 0 saturated carbocycles. The molecule has 2 aliphatic heterocycles. The number of aliphatic hydroxyl groups is 3. The first kappa shape index (κ1) is 21.2. The largest absolute Gasteiger partial charge is 0.388 e. The molecular formula is C21H25ClO6S. The number of aliphatic hydroxyl groups excluding tert-OH is 3. The van der Waals surface area contributed by atoms with E-state index in [1.54, 1.807) is 25.4 Å². The predicted molar refractivity (Wildman–Crippen MR) is 109 cm³/mol. The Bertz CT molecular complexity index is 886. The summed E-state index contributed by atoms with van der Waals surface area (Å²) in [6.07, 6.45) is -3.16. The van der Waals surface area contributed by atoms with E-state index in [-0.39, 0.29) is 6.61 Å². The summed E-state index contributed by atoms with van der Waals surface area (Å²) in [6.45, 7) is 2.54. The van der Waals surface area contributed by atoms with Crippen molar-refractivity contribution in [1.82, 2.24) is 0 Å². The molecule has 0 aliphatic carbocycles. The van der Waals surface area contributed by atoms with Gasteiger partial charge in [-0.1, -0.05) is 11.6 Å². The van der Waals surface area contributed by atoms with E-state index in [9.17, 15) is 15.3 Å². The van der Waals surface area contributed by atoms with E-state index in [4.69, 9.17) is 25.8 Å². The van der Waals surface area contributed by atoms with Gasteiger partial charge < -0.3 is 29.5 Å². The molecule has 1 saturated heterocycles. The van der Waals surface area contributed by atoms with Crippen molar-refractivity contribution >= 4 is 22.9 Å². The number of fused-ring (bicyclic) bond motifs is 2. The lowest BCUT2D eigenvalue weighted by Gasteiger charge is -2.45. The summed E-state index contributed by atoms with van der Waals surface area (Å²) in [5.41, 5.74) is 2.35. The van der Waals surface area contributed by atoms with Gasteiger partial charge in [0.05, 0.1) is 19.3 Å². The van der Waals surface area contributed by atoms with Crippen LogP contribution in [0.5, 0.6) is 0 Å². The van der Waals surface area contributed by atoms with Crippen molar-refractivity contribution in [3.63, 3.8) is 0 Å². The second kappa shape index (κ2) is 8.24. The molecule has 1 aromatic heterocycles. The first-order valence-corrected chi connectivity index (χ1v) is 10.8. The quantitative estimate of drug-likeness (QED) is 0.661. The van der Waals surface area contributed by atoms with Crippen molar-refractivity contribution in [2.45, 2.75) is 56.6 Å². The molecule has 0 radical (unpaired) electrons. The summed E-state index contributed by atoms with van der Waals surface area (Å²) >= 11 is 8.24. The Kier molecular flexibility index (Phi) is 6.03. The summed E-state index contributed by atoms with van der Waals surface area (Å²) in [5.74, 6) is -1.51. The molecule has 6 nitrogen and oxygen atoms in total. The Balaban J connectivity index is 1.65. The molecule has 2 aromatic rings. The standard InChI is InChI=1S/C21H25ClO6S/c1-11-18(23)19(24)20(25)21(28-11)16-8-12(17(22)9-13(16)10-27-21)7-15-4-3-14(29-15)5-6-26-2/h3-4,8-9,11,18-20,23-25H,5-7,10H2,1-2H3/t11-,18-,19+,20-,21+/m1/s1. The summed E-state index contributed by atoms with van der Waals surface area (Å²) in [6, 6.07) is 7.90. The summed E-state index contributed by atoms with van der Waals surface area (Å²) < 4.78 is 16.9. The van der Waals surface area contributed by atoms with Crippen LogP contribution in [0.4, 0.5) is 0 Å². The normalized spacial score (nSPS) is 31.4. The molecule has 0 amide bonds. The van der Waals surface area contributed by atoms with Crippen molar-refractivity contribution in [3.05, 3.63) is 55.7 Å². The van der Waals surface area contributed by atoms with Crippen LogP contribution in [0.3, 0.4) is 0 Å². The van der Waals surface area contributed by atoms with Gasteiger partial charge >= 0.3 is 0 Å². The van der Waals surface area contributed by atoms with Gasteiger partial charge in [0.1, 0.15) is 18.3 Å². The molecule has 1 spiro atoms. The van der Waals surface area contributed by atoms with Gasteiger partial charge in [-0.05, 0) is 42.3 Å². The molecule has 158 valence electrons. The zero-order valence-corrected chi connectivity index (χ0v) is 17.9. The van der Waals surface area contributed by atoms with E-state index < -0.39 is 30.2 Å². The molecule has 1 aromatic carbocycles. The minimum absolute atomic E-state index is 0.210. The van der Waals surface area contributed by atoms with Gasteiger partial charge in [0.25, 0.3) is 0 Å². The lowest BCUT2D eigenvalue weighted by molar-refractivity contribution is -0.362. The summed E-state index contributed by atoms with van der Waals surface area (Å²) in [7, 11) is 1.69. The van der Waals surface area contributed by atoms with Gasteiger partial charge in [-0.3, -0.25) is 0 Å². The molecule has 4 rings (SSSR count). The van der Waals surface area contributed by atoms with Crippen LogP contribution in [0, 0.1) is 0 Å². The van der Waals surface area contributed by atoms with E-state index in [0.29, 0.717) is 23.6 Å². The fraction of sp³-hybridized carbons (Fsp3) is 0.524. The highest BCUT2D eigenvalue weighted by Gasteiger charge is 2.57. The second-order valence-corrected chi connectivity index (χ2v) is 9.25. The second-order valence-electron chi connectivity index (χ2n) is 7.59. The predicted octanol–water partition coefficient (Wildman–Crippen LogP) is 2.37. The van der Waals surface area contributed by atoms with Gasteiger partial charge in [-0.15, -0.1) is 11.3 Å². The minimum atomic E-state index is -1.51. The Hall–Kier alpha value is -1.03. The van der Waals surface area contributed by atoms with Crippen molar-refractivity contribution in [2.75, 3.05) is 13.7 Å². The fourth-order valence-electron chi connectivity index (χ4n) is 3.99. The number of hydrogen-bond acceptors (Lipinski definition) is 7. The third kappa shape index (κ3) is 3.75. The molecular weight excluding hydrogens is 416 g/mol. The number of halogens is 1. The Morgan fingerprint density at radius 2 is 1.97 bits per heavy atom. The minimum Gasteiger partial charge on any atom is -0.388 e. The molecule has 5 atom stereocenters. The molecule has 8 heteroatoms. The summed E-state index contributed by atoms with van der Waals surface area (Å²) in [4.78, 5) is 2.41. The zero-order chi connectivity index (χ0) is 20.8. The maximum Gasteiger partial charge on any atom is 0.225 e. The van der Waals surface area contributed by atoms with Gasteiger partial charge in [0.2, 0.25) is 5.79 Å². The first-order valence-electron chi connectivity index (χ1n) is 9.60. The van der Waals surface area contributed by atoms with E-state index in [0.717, 1.165) is 17.5 Å². The average Bonchev–Trinajstić information content (AvgIpc) is 3.29. The van der Waals surface area contributed by atoms with Crippen LogP contribution in [0.25, 0.3) is 0 Å². The lowest BCUT2D eigenvalue weighted by Crippen LogP contribution is -2.62. The lowest BCUT2D eigenvalue weighted by atomic mass is 9.87. The molecule has 1 fully saturated rings.